The van der Waals surface area contributed by atoms with Crippen molar-refractivity contribution >= 4 is 9.84 Å². The van der Waals surface area contributed by atoms with Crippen LogP contribution in [0.25, 0.3) is 11.5 Å². The standard InChI is InChI=1S/C14H18N2O4S/c1-19-7-6-15-9-12-10-20-14(16-12)11-4-3-5-13(8-11)21(2,17)18/h3-5,8,10,15H,6-7,9H2,1-2H3. The molecule has 2 aromatic rings. The number of sulfone groups is 1. The van der Waals surface area contributed by atoms with E-state index < -0.39 is 9.84 Å². The van der Waals surface area contributed by atoms with E-state index in [9.17, 15) is 8.42 Å². The maximum absolute atomic E-state index is 11.6. The van der Waals surface area contributed by atoms with Crippen LogP contribution in [-0.2, 0) is 21.1 Å². The maximum atomic E-state index is 11.6. The fraction of sp³-hybridized carbons (Fsp3) is 0.357. The van der Waals surface area contributed by atoms with Crippen molar-refractivity contribution in [1.82, 2.24) is 10.3 Å². The predicted octanol–water partition coefficient (Wildman–Crippen LogP) is 1.48. The van der Waals surface area contributed by atoms with Crippen LogP contribution in [0.1, 0.15) is 5.69 Å². The summed E-state index contributed by atoms with van der Waals surface area (Å²) >= 11 is 0. The van der Waals surface area contributed by atoms with Crippen molar-refractivity contribution in [3.63, 3.8) is 0 Å². The first-order valence-corrected chi connectivity index (χ1v) is 8.34. The van der Waals surface area contributed by atoms with Crippen molar-refractivity contribution in [2.24, 2.45) is 0 Å². The smallest absolute Gasteiger partial charge is 0.226 e. The Bertz CT molecular complexity index is 695. The lowest BCUT2D eigenvalue weighted by atomic mass is 10.2. The third-order valence-corrected chi connectivity index (χ3v) is 3.96. The Morgan fingerprint density at radius 1 is 1.38 bits per heavy atom. The lowest BCUT2D eigenvalue weighted by Crippen LogP contribution is -2.18. The van der Waals surface area contributed by atoms with Gasteiger partial charge in [-0.3, -0.25) is 0 Å². The van der Waals surface area contributed by atoms with Crippen molar-refractivity contribution in [2.45, 2.75) is 11.4 Å². The highest BCUT2D eigenvalue weighted by atomic mass is 32.2. The molecule has 1 aromatic heterocycles. The molecule has 0 saturated heterocycles. The quantitative estimate of drug-likeness (QED) is 0.780. The van der Waals surface area contributed by atoms with Crippen molar-refractivity contribution in [2.75, 3.05) is 26.5 Å². The lowest BCUT2D eigenvalue weighted by molar-refractivity contribution is 0.199. The molecule has 1 heterocycles. The fourth-order valence-corrected chi connectivity index (χ4v) is 2.44. The van der Waals surface area contributed by atoms with Gasteiger partial charge in [-0.15, -0.1) is 0 Å². The van der Waals surface area contributed by atoms with Crippen molar-refractivity contribution < 1.29 is 17.6 Å². The van der Waals surface area contributed by atoms with Gasteiger partial charge in [-0.25, -0.2) is 13.4 Å². The second-order valence-electron chi connectivity index (χ2n) is 4.61. The third kappa shape index (κ3) is 4.38. The average Bonchev–Trinajstić information content (AvgIpc) is 2.92. The molecule has 0 saturated carbocycles. The molecule has 21 heavy (non-hydrogen) atoms. The van der Waals surface area contributed by atoms with Gasteiger partial charge in [-0.1, -0.05) is 6.07 Å². The first-order valence-electron chi connectivity index (χ1n) is 6.45. The Labute approximate surface area is 124 Å². The summed E-state index contributed by atoms with van der Waals surface area (Å²) < 4.78 is 33.4. The topological polar surface area (TPSA) is 81.4 Å². The Kier molecular flexibility index (Phi) is 5.11. The van der Waals surface area contributed by atoms with Gasteiger partial charge >= 0.3 is 0 Å². The summed E-state index contributed by atoms with van der Waals surface area (Å²) in [4.78, 5) is 4.58. The molecule has 0 bridgehead atoms. The van der Waals surface area contributed by atoms with Crippen LogP contribution < -0.4 is 5.32 Å². The van der Waals surface area contributed by atoms with Crippen molar-refractivity contribution in [3.05, 3.63) is 36.2 Å². The molecular weight excluding hydrogens is 292 g/mol. The maximum Gasteiger partial charge on any atom is 0.226 e. The van der Waals surface area contributed by atoms with Crippen LogP contribution in [0, 0.1) is 0 Å². The summed E-state index contributed by atoms with van der Waals surface area (Å²) in [6.07, 6.45) is 2.73. The molecule has 0 radical (unpaired) electrons. The SMILES string of the molecule is COCCNCc1coc(-c2cccc(S(C)(=O)=O)c2)n1. The Morgan fingerprint density at radius 2 is 2.19 bits per heavy atom. The molecule has 114 valence electrons. The third-order valence-electron chi connectivity index (χ3n) is 2.85. The second-order valence-corrected chi connectivity index (χ2v) is 6.63. The predicted molar refractivity (Wildman–Crippen MR) is 78.6 cm³/mol. The minimum atomic E-state index is -3.24. The van der Waals surface area contributed by atoms with E-state index in [1.807, 2.05) is 0 Å². The van der Waals surface area contributed by atoms with Gasteiger partial charge in [0.2, 0.25) is 5.89 Å². The van der Waals surface area contributed by atoms with Crippen LogP contribution in [0.5, 0.6) is 0 Å². The Morgan fingerprint density at radius 3 is 2.90 bits per heavy atom. The molecule has 0 spiro atoms. The number of methoxy groups -OCH3 is 1. The lowest BCUT2D eigenvalue weighted by Gasteiger charge is -2.01. The normalized spacial score (nSPS) is 11.7. The van der Waals surface area contributed by atoms with Crippen LogP contribution in [-0.4, -0.2) is 39.9 Å². The molecule has 0 fully saturated rings. The Hall–Kier alpha value is -1.70. The van der Waals surface area contributed by atoms with E-state index >= 15 is 0 Å². The molecule has 0 unspecified atom stereocenters. The van der Waals surface area contributed by atoms with Gasteiger partial charge in [-0.05, 0) is 18.2 Å². The van der Waals surface area contributed by atoms with Gasteiger partial charge in [-0.2, -0.15) is 0 Å². The molecule has 1 aromatic carbocycles. The van der Waals surface area contributed by atoms with Crippen LogP contribution in [0.15, 0.2) is 39.8 Å². The summed E-state index contributed by atoms with van der Waals surface area (Å²) in [6, 6.07) is 6.55. The zero-order chi connectivity index (χ0) is 15.3. The molecule has 6 nitrogen and oxygen atoms in total. The molecule has 2 rings (SSSR count). The molecule has 0 amide bonds. The highest BCUT2D eigenvalue weighted by molar-refractivity contribution is 7.90. The highest BCUT2D eigenvalue weighted by Crippen LogP contribution is 2.21. The zero-order valence-electron chi connectivity index (χ0n) is 12.0. The minimum absolute atomic E-state index is 0.248. The summed E-state index contributed by atoms with van der Waals surface area (Å²) in [5.41, 5.74) is 1.40. The number of nitrogens with one attached hydrogen (secondary N) is 1. The van der Waals surface area contributed by atoms with Crippen LogP contribution in [0.4, 0.5) is 0 Å². The summed E-state index contributed by atoms with van der Waals surface area (Å²) in [6.45, 7) is 1.92. The van der Waals surface area contributed by atoms with E-state index in [-0.39, 0.29) is 4.90 Å². The summed E-state index contributed by atoms with van der Waals surface area (Å²) in [7, 11) is -1.60. The Balaban J connectivity index is 2.11. The fourth-order valence-electron chi connectivity index (χ4n) is 1.77. The van der Waals surface area contributed by atoms with E-state index in [1.54, 1.807) is 37.6 Å². The largest absolute Gasteiger partial charge is 0.444 e. The molecule has 7 heteroatoms. The zero-order valence-corrected chi connectivity index (χ0v) is 12.8. The van der Waals surface area contributed by atoms with Gasteiger partial charge in [0.05, 0.1) is 17.2 Å². The number of nitrogens with zero attached hydrogens (tertiary/aromatic N) is 1. The van der Waals surface area contributed by atoms with E-state index in [0.717, 1.165) is 12.2 Å². The monoisotopic (exact) mass is 310 g/mol. The van der Waals surface area contributed by atoms with Crippen LogP contribution in [0.3, 0.4) is 0 Å². The number of rotatable bonds is 7. The summed E-state index contributed by atoms with van der Waals surface area (Å²) in [5.74, 6) is 0.407. The summed E-state index contributed by atoms with van der Waals surface area (Å²) in [5, 5.41) is 3.16. The van der Waals surface area contributed by atoms with Gasteiger partial charge in [0.25, 0.3) is 0 Å². The molecule has 0 atom stereocenters. The minimum Gasteiger partial charge on any atom is -0.444 e. The van der Waals surface area contributed by atoms with E-state index in [2.05, 4.69) is 10.3 Å². The van der Waals surface area contributed by atoms with E-state index in [4.69, 9.17) is 9.15 Å². The first-order chi connectivity index (χ1) is 10.0. The number of aromatic nitrogens is 1. The van der Waals surface area contributed by atoms with Gasteiger partial charge in [0.15, 0.2) is 9.84 Å². The molecule has 1 N–H and O–H groups in total. The number of hydrogen-bond acceptors (Lipinski definition) is 6. The number of hydrogen-bond donors (Lipinski definition) is 1. The van der Waals surface area contributed by atoms with Crippen LogP contribution in [0.2, 0.25) is 0 Å². The number of ether oxygens (including phenoxy) is 1. The molecule has 0 aliphatic carbocycles. The first kappa shape index (κ1) is 15.7. The molecular formula is C14H18N2O4S. The van der Waals surface area contributed by atoms with E-state index in [1.165, 1.54) is 6.26 Å². The number of benzene rings is 1. The van der Waals surface area contributed by atoms with Gasteiger partial charge in [0.1, 0.15) is 6.26 Å². The number of oxazole rings is 1. The van der Waals surface area contributed by atoms with Crippen molar-refractivity contribution in [3.8, 4) is 11.5 Å². The second kappa shape index (κ2) is 6.84. The van der Waals surface area contributed by atoms with Crippen molar-refractivity contribution in [1.29, 1.82) is 0 Å². The average molecular weight is 310 g/mol. The van der Waals surface area contributed by atoms with Gasteiger partial charge in [0, 0.05) is 32.0 Å². The highest BCUT2D eigenvalue weighted by Gasteiger charge is 2.11. The molecule has 0 aliphatic rings. The molecule has 0 aliphatic heterocycles. The van der Waals surface area contributed by atoms with E-state index in [0.29, 0.717) is 24.6 Å². The van der Waals surface area contributed by atoms with Crippen LogP contribution >= 0.6 is 0 Å². The van der Waals surface area contributed by atoms with Gasteiger partial charge < -0.3 is 14.5 Å².